The van der Waals surface area contributed by atoms with Crippen molar-refractivity contribution in [2.75, 3.05) is 5.75 Å². The number of rotatable bonds is 6. The minimum Gasteiger partial charge on any atom is -0.293 e. The van der Waals surface area contributed by atoms with E-state index < -0.39 is 15.1 Å². The highest BCUT2D eigenvalue weighted by Gasteiger charge is 2.29. The second-order valence-corrected chi connectivity index (χ2v) is 8.14. The van der Waals surface area contributed by atoms with Crippen LogP contribution in [-0.2, 0) is 9.84 Å². The summed E-state index contributed by atoms with van der Waals surface area (Å²) in [5, 5.41) is -0.984. The number of halogens is 1. The zero-order valence-electron chi connectivity index (χ0n) is 11.4. The summed E-state index contributed by atoms with van der Waals surface area (Å²) < 4.78 is 25.2. The van der Waals surface area contributed by atoms with Crippen LogP contribution in [0.4, 0.5) is 0 Å². The molecule has 0 bridgehead atoms. The van der Waals surface area contributed by atoms with Crippen molar-refractivity contribution >= 4 is 31.6 Å². The Kier molecular flexibility index (Phi) is 5.74. The number of hydrogen-bond acceptors (Lipinski definition) is 3. The largest absolute Gasteiger partial charge is 0.293 e. The molecule has 0 N–H and O–H groups in total. The molecule has 0 fully saturated rings. The number of ketones is 1. The molecule has 0 aliphatic carbocycles. The first-order valence-corrected chi connectivity index (χ1v) is 8.80. The van der Waals surface area contributed by atoms with E-state index in [0.29, 0.717) is 5.56 Å². The summed E-state index contributed by atoms with van der Waals surface area (Å²) in [7, 11) is -3.39. The predicted octanol–water partition coefficient (Wildman–Crippen LogP) is 3.48. The molecule has 0 aliphatic heterocycles. The Balaban J connectivity index is 2.90. The van der Waals surface area contributed by atoms with Gasteiger partial charge in [0.05, 0.1) is 5.75 Å². The van der Waals surface area contributed by atoms with Gasteiger partial charge < -0.3 is 0 Å². The van der Waals surface area contributed by atoms with Crippen molar-refractivity contribution in [1.82, 2.24) is 0 Å². The molecule has 0 aromatic heterocycles. The first-order valence-electron chi connectivity index (χ1n) is 6.29. The van der Waals surface area contributed by atoms with Crippen molar-refractivity contribution in [3.05, 3.63) is 34.3 Å². The Morgan fingerprint density at radius 1 is 1.21 bits per heavy atom. The molecule has 5 heteroatoms. The minimum atomic E-state index is -3.39. The lowest BCUT2D eigenvalue weighted by Gasteiger charge is -2.15. The van der Waals surface area contributed by atoms with E-state index in [0.717, 1.165) is 10.9 Å². The Labute approximate surface area is 123 Å². The normalized spacial score (nSPS) is 14.9. The van der Waals surface area contributed by atoms with Crippen LogP contribution in [0, 0.1) is 5.92 Å². The molecule has 2 unspecified atom stereocenters. The monoisotopic (exact) mass is 346 g/mol. The topological polar surface area (TPSA) is 51.2 Å². The van der Waals surface area contributed by atoms with Gasteiger partial charge in [-0.1, -0.05) is 48.3 Å². The number of carbonyl (C=O) groups is 1. The second-order valence-electron chi connectivity index (χ2n) is 4.86. The van der Waals surface area contributed by atoms with E-state index in [1.165, 1.54) is 6.92 Å². The van der Waals surface area contributed by atoms with Gasteiger partial charge >= 0.3 is 0 Å². The Bertz CT molecular complexity index is 534. The highest BCUT2D eigenvalue weighted by molar-refractivity contribution is 9.10. The zero-order valence-corrected chi connectivity index (χ0v) is 13.8. The Morgan fingerprint density at radius 2 is 1.74 bits per heavy atom. The fraction of sp³-hybridized carbons (Fsp3) is 0.500. The summed E-state index contributed by atoms with van der Waals surface area (Å²) in [5.74, 6) is -0.201. The van der Waals surface area contributed by atoms with E-state index in [4.69, 9.17) is 0 Å². The van der Waals surface area contributed by atoms with Gasteiger partial charge in [0.2, 0.25) is 0 Å². The summed E-state index contributed by atoms with van der Waals surface area (Å²) in [6.07, 6.45) is 0.790. The van der Waals surface area contributed by atoms with Crippen LogP contribution in [0.5, 0.6) is 0 Å². The van der Waals surface area contributed by atoms with Gasteiger partial charge in [0.15, 0.2) is 15.6 Å². The number of benzene rings is 1. The highest BCUT2D eigenvalue weighted by Crippen LogP contribution is 2.17. The van der Waals surface area contributed by atoms with E-state index in [-0.39, 0.29) is 17.5 Å². The summed E-state index contributed by atoms with van der Waals surface area (Å²) in [6, 6.07) is 6.76. The van der Waals surface area contributed by atoms with E-state index in [1.807, 2.05) is 13.8 Å². The van der Waals surface area contributed by atoms with Crippen molar-refractivity contribution in [2.24, 2.45) is 5.92 Å². The number of sulfone groups is 1. The summed E-state index contributed by atoms with van der Waals surface area (Å²) >= 11 is 3.28. The third-order valence-corrected chi connectivity index (χ3v) is 6.10. The third kappa shape index (κ3) is 4.42. The van der Waals surface area contributed by atoms with Gasteiger partial charge in [-0.15, -0.1) is 0 Å². The van der Waals surface area contributed by atoms with Gasteiger partial charge in [-0.3, -0.25) is 4.79 Å². The Morgan fingerprint density at radius 3 is 2.21 bits per heavy atom. The van der Waals surface area contributed by atoms with Crippen molar-refractivity contribution < 1.29 is 13.2 Å². The van der Waals surface area contributed by atoms with Crippen molar-refractivity contribution in [1.29, 1.82) is 0 Å². The number of hydrogen-bond donors (Lipinski definition) is 0. The maximum Gasteiger partial charge on any atom is 0.180 e. The van der Waals surface area contributed by atoms with Crippen LogP contribution in [0.2, 0.25) is 0 Å². The smallest absolute Gasteiger partial charge is 0.180 e. The Hall–Kier alpha value is -0.680. The molecule has 0 heterocycles. The molecular formula is C14H19BrO3S. The quantitative estimate of drug-likeness (QED) is 0.741. The minimum absolute atomic E-state index is 0.0624. The molecule has 2 atom stereocenters. The summed E-state index contributed by atoms with van der Waals surface area (Å²) in [6.45, 7) is 5.30. The molecule has 106 valence electrons. The summed E-state index contributed by atoms with van der Waals surface area (Å²) in [5.41, 5.74) is 0.434. The van der Waals surface area contributed by atoms with Gasteiger partial charge in [-0.05, 0) is 25.0 Å². The molecule has 1 rings (SSSR count). The van der Waals surface area contributed by atoms with Crippen LogP contribution >= 0.6 is 15.9 Å². The lowest BCUT2D eigenvalue weighted by molar-refractivity contribution is 0.0991. The first kappa shape index (κ1) is 16.4. The number of Topliss-reactive ketones (excluding diaryl/α,β-unsaturated/α-hetero) is 1. The molecule has 1 aromatic carbocycles. The van der Waals surface area contributed by atoms with Gasteiger partial charge in [0.25, 0.3) is 0 Å². The lowest BCUT2D eigenvalue weighted by atomic mass is 10.1. The van der Waals surface area contributed by atoms with Crippen molar-refractivity contribution in [3.63, 3.8) is 0 Å². The average Bonchev–Trinajstić information content (AvgIpc) is 2.37. The average molecular weight is 347 g/mol. The molecule has 0 radical (unpaired) electrons. The zero-order chi connectivity index (χ0) is 14.6. The molecule has 0 amide bonds. The number of carbonyl (C=O) groups excluding carboxylic acids is 1. The molecule has 1 aromatic rings. The highest BCUT2D eigenvalue weighted by atomic mass is 79.9. The van der Waals surface area contributed by atoms with E-state index >= 15 is 0 Å². The summed E-state index contributed by atoms with van der Waals surface area (Å²) in [4.78, 5) is 12.2. The fourth-order valence-electron chi connectivity index (χ4n) is 1.67. The molecule has 0 saturated heterocycles. The first-order chi connectivity index (χ1) is 8.77. The van der Waals surface area contributed by atoms with Crippen LogP contribution in [0.25, 0.3) is 0 Å². The predicted molar refractivity (Wildman–Crippen MR) is 81.2 cm³/mol. The second kappa shape index (κ2) is 6.66. The van der Waals surface area contributed by atoms with Crippen LogP contribution in [0.3, 0.4) is 0 Å². The van der Waals surface area contributed by atoms with Gasteiger partial charge in [-0.25, -0.2) is 8.42 Å². The molecule has 0 spiro atoms. The standard InChI is InChI=1S/C14H19BrO3S/c1-4-10(2)9-19(17,18)11(3)14(16)12-5-7-13(15)8-6-12/h5-8,10-11H,4,9H2,1-3H3. The van der Waals surface area contributed by atoms with Crippen LogP contribution in [0.1, 0.15) is 37.6 Å². The molecule has 3 nitrogen and oxygen atoms in total. The van der Waals surface area contributed by atoms with Crippen molar-refractivity contribution in [3.8, 4) is 0 Å². The molecule has 0 saturated carbocycles. The van der Waals surface area contributed by atoms with Crippen molar-refractivity contribution in [2.45, 2.75) is 32.4 Å². The SMILES string of the molecule is CCC(C)CS(=O)(=O)C(C)C(=O)c1ccc(Br)cc1. The van der Waals surface area contributed by atoms with E-state index in [9.17, 15) is 13.2 Å². The third-order valence-electron chi connectivity index (χ3n) is 3.25. The van der Waals surface area contributed by atoms with Gasteiger partial charge in [0.1, 0.15) is 5.25 Å². The maximum absolute atomic E-state index is 12.2. The van der Waals surface area contributed by atoms with Gasteiger partial charge in [0, 0.05) is 10.0 Å². The van der Waals surface area contributed by atoms with Crippen LogP contribution in [-0.4, -0.2) is 25.2 Å². The lowest BCUT2D eigenvalue weighted by Crippen LogP contribution is -2.31. The van der Waals surface area contributed by atoms with E-state index in [2.05, 4.69) is 15.9 Å². The van der Waals surface area contributed by atoms with Crippen LogP contribution < -0.4 is 0 Å². The van der Waals surface area contributed by atoms with E-state index in [1.54, 1.807) is 24.3 Å². The van der Waals surface area contributed by atoms with Gasteiger partial charge in [-0.2, -0.15) is 0 Å². The maximum atomic E-state index is 12.2. The molecule has 19 heavy (non-hydrogen) atoms. The van der Waals surface area contributed by atoms with Crippen LogP contribution in [0.15, 0.2) is 28.7 Å². The fourth-order valence-corrected chi connectivity index (χ4v) is 3.71. The molecule has 0 aliphatic rings. The molecular weight excluding hydrogens is 328 g/mol.